The Morgan fingerprint density at radius 3 is 2.44 bits per heavy atom. The summed E-state index contributed by atoms with van der Waals surface area (Å²) in [5.41, 5.74) is 0.932. The SMILES string of the molecule is CCCS(=O)(=O)c1ccc(NCCCOC)cc1. The summed E-state index contributed by atoms with van der Waals surface area (Å²) in [6, 6.07) is 6.91. The van der Waals surface area contributed by atoms with Crippen molar-refractivity contribution in [3.63, 3.8) is 0 Å². The molecule has 1 aromatic rings. The molecule has 1 N–H and O–H groups in total. The summed E-state index contributed by atoms with van der Waals surface area (Å²) in [5.74, 6) is 0.202. The van der Waals surface area contributed by atoms with Gasteiger partial charge in [0.25, 0.3) is 0 Å². The zero-order valence-electron chi connectivity index (χ0n) is 11.0. The normalized spacial score (nSPS) is 11.4. The van der Waals surface area contributed by atoms with E-state index in [1.54, 1.807) is 31.4 Å². The second-order valence-corrected chi connectivity index (χ2v) is 6.23. The average Bonchev–Trinajstić information content (AvgIpc) is 2.35. The van der Waals surface area contributed by atoms with Gasteiger partial charge in [0.1, 0.15) is 0 Å². The lowest BCUT2D eigenvalue weighted by atomic mass is 10.3. The molecule has 0 aliphatic carbocycles. The summed E-state index contributed by atoms with van der Waals surface area (Å²) < 4.78 is 28.6. The smallest absolute Gasteiger partial charge is 0.178 e. The summed E-state index contributed by atoms with van der Waals surface area (Å²) in [5, 5.41) is 3.22. The third-order valence-corrected chi connectivity index (χ3v) is 4.48. The second-order valence-electron chi connectivity index (χ2n) is 4.12. The topological polar surface area (TPSA) is 55.4 Å². The minimum atomic E-state index is -3.10. The van der Waals surface area contributed by atoms with Gasteiger partial charge in [-0.1, -0.05) is 6.92 Å². The van der Waals surface area contributed by atoms with Gasteiger partial charge in [0.15, 0.2) is 9.84 Å². The molecular weight excluding hydrogens is 250 g/mol. The first kappa shape index (κ1) is 15.0. The lowest BCUT2D eigenvalue weighted by molar-refractivity contribution is 0.198. The number of anilines is 1. The van der Waals surface area contributed by atoms with Crippen LogP contribution in [0.1, 0.15) is 19.8 Å². The number of sulfone groups is 1. The van der Waals surface area contributed by atoms with Gasteiger partial charge in [-0.05, 0) is 37.1 Å². The predicted octanol–water partition coefficient (Wildman–Crippen LogP) is 2.32. The van der Waals surface area contributed by atoms with Crippen LogP contribution in [-0.2, 0) is 14.6 Å². The number of rotatable bonds is 8. The Balaban J connectivity index is 2.57. The van der Waals surface area contributed by atoms with Gasteiger partial charge in [-0.3, -0.25) is 0 Å². The molecular formula is C13H21NO3S. The highest BCUT2D eigenvalue weighted by atomic mass is 32.2. The van der Waals surface area contributed by atoms with Gasteiger partial charge in [-0.15, -0.1) is 0 Å². The monoisotopic (exact) mass is 271 g/mol. The minimum absolute atomic E-state index is 0.202. The summed E-state index contributed by atoms with van der Waals surface area (Å²) in [4.78, 5) is 0.395. The maximum atomic E-state index is 11.8. The number of ether oxygens (including phenoxy) is 1. The van der Waals surface area contributed by atoms with E-state index in [4.69, 9.17) is 4.74 Å². The molecule has 0 saturated carbocycles. The Morgan fingerprint density at radius 1 is 1.22 bits per heavy atom. The van der Waals surface area contributed by atoms with Crippen molar-refractivity contribution in [1.82, 2.24) is 0 Å². The molecule has 18 heavy (non-hydrogen) atoms. The van der Waals surface area contributed by atoms with Crippen LogP contribution < -0.4 is 5.32 Å². The largest absolute Gasteiger partial charge is 0.385 e. The molecule has 0 aliphatic heterocycles. The number of benzene rings is 1. The lowest BCUT2D eigenvalue weighted by Gasteiger charge is -2.07. The van der Waals surface area contributed by atoms with E-state index in [0.717, 1.165) is 25.3 Å². The maximum absolute atomic E-state index is 11.8. The molecule has 0 saturated heterocycles. The quantitative estimate of drug-likeness (QED) is 0.737. The van der Waals surface area contributed by atoms with Gasteiger partial charge in [0.2, 0.25) is 0 Å². The molecule has 0 bridgehead atoms. The Morgan fingerprint density at radius 2 is 1.89 bits per heavy atom. The van der Waals surface area contributed by atoms with Crippen molar-refractivity contribution in [1.29, 1.82) is 0 Å². The molecule has 1 rings (SSSR count). The summed E-state index contributed by atoms with van der Waals surface area (Å²) >= 11 is 0. The van der Waals surface area contributed by atoms with Crippen molar-refractivity contribution in [2.45, 2.75) is 24.7 Å². The molecule has 5 heteroatoms. The van der Waals surface area contributed by atoms with Crippen molar-refractivity contribution >= 4 is 15.5 Å². The van der Waals surface area contributed by atoms with Gasteiger partial charge in [-0.2, -0.15) is 0 Å². The first-order valence-electron chi connectivity index (χ1n) is 6.16. The van der Waals surface area contributed by atoms with E-state index in [9.17, 15) is 8.42 Å². The van der Waals surface area contributed by atoms with Crippen LogP contribution in [0.2, 0.25) is 0 Å². The van der Waals surface area contributed by atoms with Crippen molar-refractivity contribution < 1.29 is 13.2 Å². The van der Waals surface area contributed by atoms with Crippen molar-refractivity contribution in [2.24, 2.45) is 0 Å². The van der Waals surface area contributed by atoms with Crippen LogP contribution in [0.3, 0.4) is 0 Å². The fraction of sp³-hybridized carbons (Fsp3) is 0.538. The third kappa shape index (κ3) is 4.66. The van der Waals surface area contributed by atoms with Gasteiger partial charge < -0.3 is 10.1 Å². The van der Waals surface area contributed by atoms with E-state index in [-0.39, 0.29) is 5.75 Å². The van der Waals surface area contributed by atoms with Crippen molar-refractivity contribution in [3.05, 3.63) is 24.3 Å². The zero-order valence-corrected chi connectivity index (χ0v) is 11.8. The molecule has 0 radical (unpaired) electrons. The highest BCUT2D eigenvalue weighted by molar-refractivity contribution is 7.91. The zero-order chi connectivity index (χ0) is 13.4. The third-order valence-electron chi connectivity index (χ3n) is 2.54. The van der Waals surface area contributed by atoms with Crippen molar-refractivity contribution in [3.8, 4) is 0 Å². The second kappa shape index (κ2) is 7.38. The number of nitrogens with one attached hydrogen (secondary N) is 1. The highest BCUT2D eigenvalue weighted by Crippen LogP contribution is 2.15. The van der Waals surface area contributed by atoms with E-state index in [1.807, 2.05) is 6.92 Å². The Hall–Kier alpha value is -1.07. The predicted molar refractivity (Wildman–Crippen MR) is 73.8 cm³/mol. The van der Waals surface area contributed by atoms with Crippen LogP contribution in [0.25, 0.3) is 0 Å². The standard InChI is InChI=1S/C13H21NO3S/c1-3-11-18(15,16)13-7-5-12(6-8-13)14-9-4-10-17-2/h5-8,14H,3-4,9-11H2,1-2H3. The number of methoxy groups -OCH3 is 1. The van der Waals surface area contributed by atoms with Crippen LogP contribution in [-0.4, -0.2) is 34.4 Å². The summed E-state index contributed by atoms with van der Waals surface area (Å²) in [6.07, 6.45) is 1.56. The molecule has 0 heterocycles. The molecule has 0 aromatic heterocycles. The Kier molecular flexibility index (Phi) is 6.15. The average molecular weight is 271 g/mol. The molecule has 0 atom stereocenters. The van der Waals surface area contributed by atoms with Gasteiger partial charge in [0.05, 0.1) is 10.6 Å². The Bertz CT molecular complexity index is 440. The highest BCUT2D eigenvalue weighted by Gasteiger charge is 2.12. The van der Waals surface area contributed by atoms with Gasteiger partial charge in [-0.25, -0.2) is 8.42 Å². The van der Waals surface area contributed by atoms with E-state index in [1.165, 1.54) is 0 Å². The van der Waals surface area contributed by atoms with Crippen LogP contribution in [0.5, 0.6) is 0 Å². The van der Waals surface area contributed by atoms with E-state index in [2.05, 4.69) is 5.32 Å². The first-order valence-corrected chi connectivity index (χ1v) is 7.81. The maximum Gasteiger partial charge on any atom is 0.178 e. The fourth-order valence-corrected chi connectivity index (χ4v) is 2.94. The molecule has 0 aliphatic rings. The van der Waals surface area contributed by atoms with Crippen LogP contribution in [0.15, 0.2) is 29.2 Å². The molecule has 0 amide bonds. The molecule has 0 fully saturated rings. The van der Waals surface area contributed by atoms with Crippen LogP contribution >= 0.6 is 0 Å². The lowest BCUT2D eigenvalue weighted by Crippen LogP contribution is -2.07. The molecule has 1 aromatic carbocycles. The van der Waals surface area contributed by atoms with E-state index < -0.39 is 9.84 Å². The molecule has 102 valence electrons. The minimum Gasteiger partial charge on any atom is -0.385 e. The van der Waals surface area contributed by atoms with E-state index in [0.29, 0.717) is 11.3 Å². The number of hydrogen-bond acceptors (Lipinski definition) is 4. The molecule has 0 spiro atoms. The number of hydrogen-bond donors (Lipinski definition) is 1. The van der Waals surface area contributed by atoms with Crippen LogP contribution in [0.4, 0.5) is 5.69 Å². The van der Waals surface area contributed by atoms with Crippen LogP contribution in [0, 0.1) is 0 Å². The van der Waals surface area contributed by atoms with Gasteiger partial charge >= 0.3 is 0 Å². The van der Waals surface area contributed by atoms with Crippen molar-refractivity contribution in [2.75, 3.05) is 31.3 Å². The first-order chi connectivity index (χ1) is 8.60. The Labute approximate surface area is 109 Å². The molecule has 4 nitrogen and oxygen atoms in total. The summed E-state index contributed by atoms with van der Waals surface area (Å²) in [6.45, 7) is 3.40. The van der Waals surface area contributed by atoms with E-state index >= 15 is 0 Å². The fourth-order valence-electron chi connectivity index (χ4n) is 1.62. The summed E-state index contributed by atoms with van der Waals surface area (Å²) in [7, 11) is -1.43. The van der Waals surface area contributed by atoms with Gasteiger partial charge in [0, 0.05) is 25.9 Å². The molecule has 0 unspecified atom stereocenters.